The van der Waals surface area contributed by atoms with Gasteiger partial charge in [0.25, 0.3) is 0 Å². The highest BCUT2D eigenvalue weighted by molar-refractivity contribution is 7.89. The number of nitrogens with zero attached hydrogens (tertiary/aromatic N) is 1. The SMILES string of the molecule is Cc1ccc2ncccc2c1S(=O)(=O)NCCCOCC1CC1. The number of fused-ring (bicyclic) bond motifs is 1. The van der Waals surface area contributed by atoms with Crippen molar-refractivity contribution in [2.24, 2.45) is 5.92 Å². The van der Waals surface area contributed by atoms with Crippen LogP contribution in [-0.2, 0) is 14.8 Å². The van der Waals surface area contributed by atoms with Crippen LogP contribution in [0.1, 0.15) is 24.8 Å². The van der Waals surface area contributed by atoms with Crippen molar-refractivity contribution in [1.82, 2.24) is 9.71 Å². The summed E-state index contributed by atoms with van der Waals surface area (Å²) in [5.74, 6) is 0.734. The van der Waals surface area contributed by atoms with E-state index >= 15 is 0 Å². The molecule has 1 heterocycles. The predicted octanol–water partition coefficient (Wildman–Crippen LogP) is 2.64. The van der Waals surface area contributed by atoms with Gasteiger partial charge < -0.3 is 4.74 Å². The zero-order chi connectivity index (χ0) is 16.3. The Balaban J connectivity index is 1.65. The zero-order valence-corrected chi connectivity index (χ0v) is 14.1. The summed E-state index contributed by atoms with van der Waals surface area (Å²) in [6.45, 7) is 3.58. The molecule has 2 aromatic rings. The molecule has 0 spiro atoms. The van der Waals surface area contributed by atoms with Crippen LogP contribution in [-0.4, -0.2) is 33.2 Å². The summed E-state index contributed by atoms with van der Waals surface area (Å²) < 4.78 is 33.5. The minimum absolute atomic E-state index is 0.321. The number of aromatic nitrogens is 1. The molecule has 0 amide bonds. The molecule has 0 radical (unpaired) electrons. The van der Waals surface area contributed by atoms with E-state index in [0.29, 0.717) is 35.4 Å². The number of nitrogens with one attached hydrogen (secondary N) is 1. The first-order valence-electron chi connectivity index (χ1n) is 8.00. The number of ether oxygens (including phenoxy) is 1. The molecule has 3 rings (SSSR count). The molecule has 0 unspecified atom stereocenters. The van der Waals surface area contributed by atoms with Crippen molar-refractivity contribution >= 4 is 20.9 Å². The van der Waals surface area contributed by atoms with Gasteiger partial charge in [0.1, 0.15) is 0 Å². The summed E-state index contributed by atoms with van der Waals surface area (Å²) in [7, 11) is -3.55. The fraction of sp³-hybridized carbons (Fsp3) is 0.471. The van der Waals surface area contributed by atoms with E-state index in [1.165, 1.54) is 12.8 Å². The Hall–Kier alpha value is -1.50. The Kier molecular flexibility index (Phi) is 4.94. The predicted molar refractivity (Wildman–Crippen MR) is 89.8 cm³/mol. The lowest BCUT2D eigenvalue weighted by atomic mass is 10.1. The van der Waals surface area contributed by atoms with Crippen molar-refractivity contribution < 1.29 is 13.2 Å². The molecule has 5 nitrogen and oxygen atoms in total. The Labute approximate surface area is 137 Å². The minimum atomic E-state index is -3.55. The van der Waals surface area contributed by atoms with Crippen LogP contribution in [0.25, 0.3) is 10.9 Å². The number of pyridine rings is 1. The van der Waals surface area contributed by atoms with Gasteiger partial charge in [-0.05, 0) is 55.9 Å². The first-order valence-corrected chi connectivity index (χ1v) is 9.48. The maximum Gasteiger partial charge on any atom is 0.241 e. The molecule has 1 saturated carbocycles. The van der Waals surface area contributed by atoms with E-state index in [9.17, 15) is 8.42 Å². The number of benzene rings is 1. The van der Waals surface area contributed by atoms with E-state index < -0.39 is 10.0 Å². The number of aryl methyl sites for hydroxylation is 1. The standard InChI is InChI=1S/C17H22N2O3S/c1-13-5-8-16-15(4-2-9-18-16)17(13)23(20,21)19-10-3-11-22-12-14-6-7-14/h2,4-5,8-9,14,19H,3,6-7,10-12H2,1H3. The molecule has 0 saturated heterocycles. The van der Waals surface area contributed by atoms with Crippen molar-refractivity contribution in [1.29, 1.82) is 0 Å². The second-order valence-electron chi connectivity index (χ2n) is 6.05. The number of rotatable bonds is 8. The lowest BCUT2D eigenvalue weighted by Crippen LogP contribution is -2.26. The van der Waals surface area contributed by atoms with E-state index in [2.05, 4.69) is 9.71 Å². The second kappa shape index (κ2) is 6.95. The third-order valence-electron chi connectivity index (χ3n) is 4.01. The molecule has 1 aliphatic carbocycles. The second-order valence-corrected chi connectivity index (χ2v) is 7.76. The van der Waals surface area contributed by atoms with Crippen LogP contribution in [0.15, 0.2) is 35.4 Å². The monoisotopic (exact) mass is 334 g/mol. The maximum absolute atomic E-state index is 12.6. The zero-order valence-electron chi connectivity index (χ0n) is 13.3. The van der Waals surface area contributed by atoms with Gasteiger partial charge in [0.15, 0.2) is 0 Å². The summed E-state index contributed by atoms with van der Waals surface area (Å²) >= 11 is 0. The van der Waals surface area contributed by atoms with Crippen molar-refractivity contribution in [3.8, 4) is 0 Å². The highest BCUT2D eigenvalue weighted by Crippen LogP contribution is 2.28. The van der Waals surface area contributed by atoms with Gasteiger partial charge in [-0.2, -0.15) is 0 Å². The molecule has 0 bridgehead atoms. The fourth-order valence-electron chi connectivity index (χ4n) is 2.58. The average Bonchev–Trinajstić information content (AvgIpc) is 3.34. The van der Waals surface area contributed by atoms with Gasteiger partial charge in [-0.25, -0.2) is 13.1 Å². The Morgan fingerprint density at radius 3 is 2.91 bits per heavy atom. The van der Waals surface area contributed by atoms with Crippen LogP contribution >= 0.6 is 0 Å². The van der Waals surface area contributed by atoms with E-state index in [1.807, 2.05) is 6.07 Å². The van der Waals surface area contributed by atoms with Gasteiger partial charge in [0, 0.05) is 31.3 Å². The number of hydrogen-bond acceptors (Lipinski definition) is 4. The normalized spacial score (nSPS) is 15.2. The first kappa shape index (κ1) is 16.4. The molecule has 1 N–H and O–H groups in total. The molecular weight excluding hydrogens is 312 g/mol. The molecule has 1 aliphatic rings. The van der Waals surface area contributed by atoms with E-state index in [-0.39, 0.29) is 0 Å². The molecule has 1 aromatic heterocycles. The largest absolute Gasteiger partial charge is 0.381 e. The molecule has 0 atom stereocenters. The van der Waals surface area contributed by atoms with Crippen LogP contribution in [0.3, 0.4) is 0 Å². The maximum atomic E-state index is 12.6. The van der Waals surface area contributed by atoms with Crippen LogP contribution in [0.5, 0.6) is 0 Å². The van der Waals surface area contributed by atoms with Gasteiger partial charge >= 0.3 is 0 Å². The Morgan fingerprint density at radius 1 is 1.30 bits per heavy atom. The molecular formula is C17H22N2O3S. The molecule has 124 valence electrons. The first-order chi connectivity index (χ1) is 11.1. The Morgan fingerprint density at radius 2 is 2.13 bits per heavy atom. The van der Waals surface area contributed by atoms with Crippen LogP contribution in [0.4, 0.5) is 0 Å². The van der Waals surface area contributed by atoms with E-state index in [0.717, 1.165) is 18.1 Å². The number of hydrogen-bond donors (Lipinski definition) is 1. The summed E-state index contributed by atoms with van der Waals surface area (Å²) in [6.07, 6.45) is 4.87. The van der Waals surface area contributed by atoms with Gasteiger partial charge in [0.2, 0.25) is 10.0 Å². The highest BCUT2D eigenvalue weighted by Gasteiger charge is 2.21. The molecule has 6 heteroatoms. The van der Waals surface area contributed by atoms with E-state index in [4.69, 9.17) is 4.74 Å². The van der Waals surface area contributed by atoms with Crippen LogP contribution in [0, 0.1) is 12.8 Å². The van der Waals surface area contributed by atoms with Crippen molar-refractivity contribution in [3.05, 3.63) is 36.0 Å². The Bertz CT molecular complexity index is 786. The molecule has 0 aliphatic heterocycles. The van der Waals surface area contributed by atoms with Gasteiger partial charge in [-0.3, -0.25) is 4.98 Å². The highest BCUT2D eigenvalue weighted by atomic mass is 32.2. The van der Waals surface area contributed by atoms with Crippen molar-refractivity contribution in [3.63, 3.8) is 0 Å². The third kappa shape index (κ3) is 4.07. The van der Waals surface area contributed by atoms with Crippen molar-refractivity contribution in [2.45, 2.75) is 31.1 Å². The summed E-state index contributed by atoms with van der Waals surface area (Å²) in [5, 5.41) is 0.657. The lowest BCUT2D eigenvalue weighted by molar-refractivity contribution is 0.123. The van der Waals surface area contributed by atoms with Crippen molar-refractivity contribution in [2.75, 3.05) is 19.8 Å². The van der Waals surface area contributed by atoms with Gasteiger partial charge in [-0.1, -0.05) is 6.07 Å². The van der Waals surface area contributed by atoms with Gasteiger partial charge in [0.05, 0.1) is 10.4 Å². The third-order valence-corrected chi connectivity index (χ3v) is 5.67. The minimum Gasteiger partial charge on any atom is -0.381 e. The molecule has 1 aromatic carbocycles. The fourth-order valence-corrected chi connectivity index (χ4v) is 4.09. The topological polar surface area (TPSA) is 68.3 Å². The smallest absolute Gasteiger partial charge is 0.241 e. The summed E-state index contributed by atoms with van der Waals surface area (Å²) in [6, 6.07) is 7.19. The van der Waals surface area contributed by atoms with Gasteiger partial charge in [-0.15, -0.1) is 0 Å². The summed E-state index contributed by atoms with van der Waals surface area (Å²) in [4.78, 5) is 4.55. The van der Waals surface area contributed by atoms with Crippen LogP contribution < -0.4 is 4.72 Å². The van der Waals surface area contributed by atoms with Crippen LogP contribution in [0.2, 0.25) is 0 Å². The summed E-state index contributed by atoms with van der Waals surface area (Å²) in [5.41, 5.74) is 1.41. The lowest BCUT2D eigenvalue weighted by Gasteiger charge is -2.12. The molecule has 23 heavy (non-hydrogen) atoms. The van der Waals surface area contributed by atoms with E-state index in [1.54, 1.807) is 31.3 Å². The quantitative estimate of drug-likeness (QED) is 0.754. The molecule has 1 fully saturated rings. The number of sulfonamides is 1. The average molecular weight is 334 g/mol.